The Labute approximate surface area is 131 Å². The van der Waals surface area contributed by atoms with Crippen LogP contribution in [0.2, 0.25) is 0 Å². The van der Waals surface area contributed by atoms with Gasteiger partial charge in [0, 0.05) is 11.0 Å². The van der Waals surface area contributed by atoms with Crippen molar-refractivity contribution in [1.29, 1.82) is 0 Å². The Morgan fingerprint density at radius 3 is 2.43 bits per heavy atom. The first kappa shape index (κ1) is 17.4. The van der Waals surface area contributed by atoms with Gasteiger partial charge in [0.2, 0.25) is 0 Å². The number of carbonyl (C=O) groups excluding carboxylic acids is 1. The Balaban J connectivity index is 2.67. The monoisotopic (exact) mass is 360 g/mol. The van der Waals surface area contributed by atoms with Crippen LogP contribution in [-0.2, 0) is 4.79 Å². The van der Waals surface area contributed by atoms with Crippen molar-refractivity contribution in [3.8, 4) is 0 Å². The van der Waals surface area contributed by atoms with Gasteiger partial charge in [0.05, 0.1) is 11.1 Å². The van der Waals surface area contributed by atoms with Gasteiger partial charge < -0.3 is 15.7 Å². The fraction of sp³-hybridized carbons (Fsp3) is 0.429. The molecule has 21 heavy (non-hydrogen) atoms. The number of anilines is 1. The summed E-state index contributed by atoms with van der Waals surface area (Å²) in [5.41, 5.74) is -0.569. The minimum Gasteiger partial charge on any atom is -0.481 e. The van der Waals surface area contributed by atoms with Crippen molar-refractivity contribution in [2.75, 3.05) is 11.9 Å². The molecule has 0 radical (unpaired) electrons. The molecule has 0 aliphatic carbocycles. The molecule has 0 heterocycles. The lowest BCUT2D eigenvalue weighted by molar-refractivity contribution is -0.149. The molecule has 1 aromatic rings. The lowest BCUT2D eigenvalue weighted by Gasteiger charge is -2.26. The van der Waals surface area contributed by atoms with E-state index in [9.17, 15) is 19.1 Å². The van der Waals surface area contributed by atoms with Gasteiger partial charge in [-0.2, -0.15) is 0 Å². The molecule has 0 atom stereocenters. The average molecular weight is 361 g/mol. The second-order valence-electron chi connectivity index (χ2n) is 4.72. The summed E-state index contributed by atoms with van der Waals surface area (Å²) in [6.45, 7) is 3.57. The van der Waals surface area contributed by atoms with Gasteiger partial charge in [0.1, 0.15) is 5.82 Å². The molecule has 0 spiro atoms. The number of hydrogen-bond acceptors (Lipinski definition) is 2. The third-order valence-corrected chi connectivity index (χ3v) is 4.23. The Morgan fingerprint density at radius 2 is 1.95 bits per heavy atom. The van der Waals surface area contributed by atoms with E-state index in [0.717, 1.165) is 0 Å². The second kappa shape index (κ2) is 7.40. The van der Waals surface area contributed by atoms with Crippen LogP contribution in [-0.4, -0.2) is 23.7 Å². The number of carbonyl (C=O) groups is 2. The third-order valence-electron chi connectivity index (χ3n) is 3.57. The number of nitrogens with one attached hydrogen (secondary N) is 2. The summed E-state index contributed by atoms with van der Waals surface area (Å²) >= 11 is 3.14. The standard InChI is InChI=1S/C14H18BrFN2O3/c1-3-14(4-2,12(19)20)8-17-13(21)18-11-6-5-9(16)7-10(11)15/h5-7H,3-4,8H2,1-2H3,(H,19,20)(H2,17,18,21). The fourth-order valence-electron chi connectivity index (χ4n) is 1.88. The number of amides is 2. The average Bonchev–Trinajstić information content (AvgIpc) is 2.43. The lowest BCUT2D eigenvalue weighted by atomic mass is 9.82. The van der Waals surface area contributed by atoms with E-state index < -0.39 is 23.2 Å². The highest BCUT2D eigenvalue weighted by Gasteiger charge is 2.35. The van der Waals surface area contributed by atoms with Crippen molar-refractivity contribution >= 4 is 33.6 Å². The topological polar surface area (TPSA) is 78.4 Å². The molecule has 0 unspecified atom stereocenters. The maximum Gasteiger partial charge on any atom is 0.319 e. The van der Waals surface area contributed by atoms with E-state index in [1.165, 1.54) is 18.2 Å². The van der Waals surface area contributed by atoms with Crippen LogP contribution in [0.4, 0.5) is 14.9 Å². The van der Waals surface area contributed by atoms with E-state index in [-0.39, 0.29) is 6.54 Å². The summed E-state index contributed by atoms with van der Waals surface area (Å²) < 4.78 is 13.4. The van der Waals surface area contributed by atoms with E-state index >= 15 is 0 Å². The molecule has 1 aromatic carbocycles. The van der Waals surface area contributed by atoms with E-state index in [1.54, 1.807) is 13.8 Å². The number of rotatable bonds is 6. The second-order valence-corrected chi connectivity index (χ2v) is 5.58. The first-order valence-electron chi connectivity index (χ1n) is 6.58. The predicted octanol–water partition coefficient (Wildman–Crippen LogP) is 3.60. The molecule has 116 valence electrons. The van der Waals surface area contributed by atoms with Crippen LogP contribution < -0.4 is 10.6 Å². The number of urea groups is 1. The van der Waals surface area contributed by atoms with Gasteiger partial charge in [-0.3, -0.25) is 4.79 Å². The largest absolute Gasteiger partial charge is 0.481 e. The predicted molar refractivity (Wildman–Crippen MR) is 81.8 cm³/mol. The van der Waals surface area contributed by atoms with Gasteiger partial charge >= 0.3 is 12.0 Å². The number of benzene rings is 1. The molecule has 0 bridgehead atoms. The van der Waals surface area contributed by atoms with Crippen LogP contribution in [0.1, 0.15) is 26.7 Å². The zero-order valence-electron chi connectivity index (χ0n) is 11.9. The normalized spacial score (nSPS) is 11.0. The molecule has 0 aliphatic rings. The van der Waals surface area contributed by atoms with Crippen molar-refractivity contribution in [3.63, 3.8) is 0 Å². The van der Waals surface area contributed by atoms with Gasteiger partial charge in [-0.1, -0.05) is 13.8 Å². The highest BCUT2D eigenvalue weighted by molar-refractivity contribution is 9.10. The molecule has 0 saturated heterocycles. The SMILES string of the molecule is CCC(CC)(CNC(=O)Nc1ccc(F)cc1Br)C(=O)O. The third kappa shape index (κ3) is 4.42. The molecule has 0 fully saturated rings. The first-order valence-corrected chi connectivity index (χ1v) is 7.37. The minimum absolute atomic E-state index is 0.0278. The van der Waals surface area contributed by atoms with E-state index in [2.05, 4.69) is 26.6 Å². The van der Waals surface area contributed by atoms with Crippen LogP contribution in [0.25, 0.3) is 0 Å². The summed E-state index contributed by atoms with van der Waals surface area (Å²) in [6.07, 6.45) is 0.832. The van der Waals surface area contributed by atoms with Crippen molar-refractivity contribution in [2.24, 2.45) is 5.41 Å². The quantitative estimate of drug-likeness (QED) is 0.725. The van der Waals surface area contributed by atoms with Gasteiger partial charge in [-0.25, -0.2) is 9.18 Å². The highest BCUT2D eigenvalue weighted by Crippen LogP contribution is 2.26. The molecule has 5 nitrogen and oxygen atoms in total. The summed E-state index contributed by atoms with van der Waals surface area (Å²) in [5, 5.41) is 14.4. The van der Waals surface area contributed by atoms with Crippen LogP contribution in [0.15, 0.2) is 22.7 Å². The number of aliphatic carboxylic acids is 1. The van der Waals surface area contributed by atoms with Gasteiger partial charge in [0.25, 0.3) is 0 Å². The molecular formula is C14H18BrFN2O3. The van der Waals surface area contributed by atoms with E-state index in [0.29, 0.717) is 23.0 Å². The molecule has 7 heteroatoms. The summed E-state index contributed by atoms with van der Waals surface area (Å²) in [7, 11) is 0. The zero-order valence-corrected chi connectivity index (χ0v) is 13.5. The lowest BCUT2D eigenvalue weighted by Crippen LogP contribution is -2.43. The van der Waals surface area contributed by atoms with E-state index in [1.807, 2.05) is 0 Å². The van der Waals surface area contributed by atoms with Crippen LogP contribution >= 0.6 is 15.9 Å². The molecule has 0 aromatic heterocycles. The number of halogens is 2. The minimum atomic E-state index is -0.975. The molecule has 0 aliphatic heterocycles. The number of carboxylic acids is 1. The summed E-state index contributed by atoms with van der Waals surface area (Å²) in [4.78, 5) is 23.1. The van der Waals surface area contributed by atoms with Crippen LogP contribution in [0, 0.1) is 11.2 Å². The Kier molecular flexibility index (Phi) is 6.14. The smallest absolute Gasteiger partial charge is 0.319 e. The Hall–Kier alpha value is -1.63. The van der Waals surface area contributed by atoms with Crippen molar-refractivity contribution in [2.45, 2.75) is 26.7 Å². The van der Waals surface area contributed by atoms with Gasteiger partial charge in [-0.15, -0.1) is 0 Å². The summed E-state index contributed by atoms with van der Waals surface area (Å²) in [5.74, 6) is -1.36. The number of carboxylic acid groups (broad SMARTS) is 1. The van der Waals surface area contributed by atoms with Gasteiger partial charge in [0.15, 0.2) is 0 Å². The molecule has 2 amide bonds. The molecule has 0 saturated carbocycles. The Morgan fingerprint density at radius 1 is 1.33 bits per heavy atom. The maximum atomic E-state index is 12.9. The first-order chi connectivity index (χ1) is 9.84. The molecule has 1 rings (SSSR count). The zero-order chi connectivity index (χ0) is 16.0. The molecule has 3 N–H and O–H groups in total. The Bertz CT molecular complexity index is 533. The van der Waals surface area contributed by atoms with E-state index in [4.69, 9.17) is 0 Å². The van der Waals surface area contributed by atoms with Gasteiger partial charge in [-0.05, 0) is 47.0 Å². The highest BCUT2D eigenvalue weighted by atomic mass is 79.9. The summed E-state index contributed by atoms with van der Waals surface area (Å²) in [6, 6.07) is 3.34. The number of hydrogen-bond donors (Lipinski definition) is 3. The molecular weight excluding hydrogens is 343 g/mol. The van der Waals surface area contributed by atoms with Crippen molar-refractivity contribution < 1.29 is 19.1 Å². The fourth-order valence-corrected chi connectivity index (χ4v) is 2.33. The maximum absolute atomic E-state index is 12.9. The van der Waals surface area contributed by atoms with Crippen LogP contribution in [0.3, 0.4) is 0 Å². The van der Waals surface area contributed by atoms with Crippen molar-refractivity contribution in [3.05, 3.63) is 28.5 Å². The van der Waals surface area contributed by atoms with Crippen LogP contribution in [0.5, 0.6) is 0 Å². The van der Waals surface area contributed by atoms with Crippen molar-refractivity contribution in [1.82, 2.24) is 5.32 Å².